The van der Waals surface area contributed by atoms with Gasteiger partial charge in [0, 0.05) is 18.8 Å². The molecule has 2 rings (SSSR count). The number of hydrogen-bond donors (Lipinski definition) is 2. The van der Waals surface area contributed by atoms with Crippen molar-refractivity contribution in [2.75, 3.05) is 17.2 Å². The summed E-state index contributed by atoms with van der Waals surface area (Å²) in [7, 11) is 1.82. The van der Waals surface area contributed by atoms with Crippen LogP contribution in [0.5, 0.6) is 5.75 Å². The molecule has 0 bridgehead atoms. The van der Waals surface area contributed by atoms with Crippen molar-refractivity contribution < 1.29 is 9.53 Å². The molecule has 0 aliphatic rings. The van der Waals surface area contributed by atoms with Gasteiger partial charge in [-0.1, -0.05) is 12.1 Å². The highest BCUT2D eigenvalue weighted by molar-refractivity contribution is 6.00. The van der Waals surface area contributed by atoms with E-state index >= 15 is 0 Å². The molecule has 20 heavy (non-hydrogen) atoms. The molecule has 0 aliphatic carbocycles. The highest BCUT2D eigenvalue weighted by atomic mass is 16.5. The summed E-state index contributed by atoms with van der Waals surface area (Å²) in [4.78, 5) is 11.9. The summed E-state index contributed by atoms with van der Waals surface area (Å²) in [5.41, 5.74) is 1.59. The molecule has 0 aliphatic heterocycles. The SMILES string of the molecule is CCOc1ccccc1NC(=O)Nc1cc(C)n(C)n1. The molecule has 0 saturated carbocycles. The van der Waals surface area contributed by atoms with E-state index in [1.54, 1.807) is 16.8 Å². The van der Waals surface area contributed by atoms with Gasteiger partial charge in [0.05, 0.1) is 12.3 Å². The molecule has 1 aromatic heterocycles. The first-order valence-electron chi connectivity index (χ1n) is 6.40. The maximum Gasteiger partial charge on any atom is 0.325 e. The molecule has 6 nitrogen and oxygen atoms in total. The second kappa shape index (κ2) is 6.10. The number of amides is 2. The van der Waals surface area contributed by atoms with Crippen molar-refractivity contribution in [3.05, 3.63) is 36.0 Å². The van der Waals surface area contributed by atoms with Crippen LogP contribution in [-0.2, 0) is 7.05 Å². The number of benzene rings is 1. The Balaban J connectivity index is 2.04. The van der Waals surface area contributed by atoms with E-state index in [0.29, 0.717) is 23.9 Å². The third kappa shape index (κ3) is 3.28. The minimum atomic E-state index is -0.352. The number of ether oxygens (including phenoxy) is 1. The van der Waals surface area contributed by atoms with Gasteiger partial charge < -0.3 is 10.1 Å². The van der Waals surface area contributed by atoms with Crippen LogP contribution in [0.2, 0.25) is 0 Å². The number of hydrogen-bond acceptors (Lipinski definition) is 3. The van der Waals surface area contributed by atoms with E-state index in [2.05, 4.69) is 15.7 Å². The van der Waals surface area contributed by atoms with Crippen molar-refractivity contribution in [2.24, 2.45) is 7.05 Å². The van der Waals surface area contributed by atoms with E-state index in [1.165, 1.54) is 0 Å². The molecule has 2 N–H and O–H groups in total. The predicted molar refractivity (Wildman–Crippen MR) is 78.2 cm³/mol. The normalized spacial score (nSPS) is 10.2. The Morgan fingerprint density at radius 1 is 1.35 bits per heavy atom. The van der Waals surface area contributed by atoms with Crippen molar-refractivity contribution in [2.45, 2.75) is 13.8 Å². The van der Waals surface area contributed by atoms with Crippen LogP contribution in [0.3, 0.4) is 0 Å². The van der Waals surface area contributed by atoms with Gasteiger partial charge in [0.25, 0.3) is 0 Å². The third-order valence-corrected chi connectivity index (χ3v) is 2.79. The fourth-order valence-corrected chi connectivity index (χ4v) is 1.74. The van der Waals surface area contributed by atoms with E-state index in [9.17, 15) is 4.79 Å². The maximum atomic E-state index is 11.9. The number of nitrogens with zero attached hydrogens (tertiary/aromatic N) is 2. The van der Waals surface area contributed by atoms with Crippen LogP contribution in [0.4, 0.5) is 16.3 Å². The second-order valence-corrected chi connectivity index (χ2v) is 4.30. The maximum absolute atomic E-state index is 11.9. The van der Waals surface area contributed by atoms with Gasteiger partial charge in [0.2, 0.25) is 0 Å². The van der Waals surface area contributed by atoms with Crippen LogP contribution in [0.15, 0.2) is 30.3 Å². The summed E-state index contributed by atoms with van der Waals surface area (Å²) < 4.78 is 7.15. The lowest BCUT2D eigenvalue weighted by atomic mass is 10.3. The van der Waals surface area contributed by atoms with Crippen LogP contribution in [-0.4, -0.2) is 22.4 Å². The molecule has 0 unspecified atom stereocenters. The lowest BCUT2D eigenvalue weighted by Crippen LogP contribution is -2.20. The van der Waals surface area contributed by atoms with Gasteiger partial charge in [-0.3, -0.25) is 10.00 Å². The Hall–Kier alpha value is -2.50. The summed E-state index contributed by atoms with van der Waals surface area (Å²) >= 11 is 0. The van der Waals surface area contributed by atoms with Crippen molar-refractivity contribution in [1.29, 1.82) is 0 Å². The average Bonchev–Trinajstić information content (AvgIpc) is 2.70. The lowest BCUT2D eigenvalue weighted by Gasteiger charge is -2.11. The first-order chi connectivity index (χ1) is 9.60. The predicted octanol–water partition coefficient (Wildman–Crippen LogP) is 2.77. The molecule has 2 amide bonds. The zero-order valence-electron chi connectivity index (χ0n) is 11.8. The zero-order valence-corrected chi connectivity index (χ0v) is 11.8. The Bertz CT molecular complexity index is 587. The second-order valence-electron chi connectivity index (χ2n) is 4.30. The van der Waals surface area contributed by atoms with Crippen molar-refractivity contribution in [1.82, 2.24) is 9.78 Å². The molecule has 0 saturated heterocycles. The fraction of sp³-hybridized carbons (Fsp3) is 0.286. The third-order valence-electron chi connectivity index (χ3n) is 2.79. The van der Waals surface area contributed by atoms with E-state index < -0.39 is 0 Å². The van der Waals surface area contributed by atoms with Crippen LogP contribution in [0, 0.1) is 6.92 Å². The Morgan fingerprint density at radius 2 is 2.10 bits per heavy atom. The summed E-state index contributed by atoms with van der Waals surface area (Å²) in [5.74, 6) is 1.15. The standard InChI is InChI=1S/C14H18N4O2/c1-4-20-12-8-6-5-7-11(12)15-14(19)16-13-9-10(2)18(3)17-13/h5-9H,4H2,1-3H3,(H2,15,16,17,19). The van der Waals surface area contributed by atoms with Gasteiger partial charge in [-0.15, -0.1) is 0 Å². The molecule has 1 aromatic carbocycles. The van der Waals surface area contributed by atoms with E-state index in [4.69, 9.17) is 4.74 Å². The highest BCUT2D eigenvalue weighted by Gasteiger charge is 2.09. The largest absolute Gasteiger partial charge is 0.492 e. The van der Waals surface area contributed by atoms with E-state index in [-0.39, 0.29) is 6.03 Å². The Labute approximate surface area is 117 Å². The van der Waals surface area contributed by atoms with Gasteiger partial charge >= 0.3 is 6.03 Å². The van der Waals surface area contributed by atoms with Crippen LogP contribution >= 0.6 is 0 Å². The number of rotatable bonds is 4. The number of urea groups is 1. The smallest absolute Gasteiger partial charge is 0.325 e. The van der Waals surface area contributed by atoms with Crippen LogP contribution in [0.1, 0.15) is 12.6 Å². The number of para-hydroxylation sites is 2. The van der Waals surface area contributed by atoms with Gasteiger partial charge in [-0.05, 0) is 26.0 Å². The minimum Gasteiger partial charge on any atom is -0.492 e. The minimum absolute atomic E-state index is 0.352. The molecule has 1 heterocycles. The van der Waals surface area contributed by atoms with Gasteiger partial charge in [0.15, 0.2) is 5.82 Å². The average molecular weight is 274 g/mol. The number of carbonyl (C=O) groups excluding carboxylic acids is 1. The number of carbonyl (C=O) groups is 1. The molecule has 106 valence electrons. The molecule has 0 radical (unpaired) electrons. The van der Waals surface area contributed by atoms with Gasteiger partial charge in [0.1, 0.15) is 5.75 Å². The first-order valence-corrected chi connectivity index (χ1v) is 6.40. The number of aromatic nitrogens is 2. The monoisotopic (exact) mass is 274 g/mol. The number of aryl methyl sites for hydroxylation is 2. The Morgan fingerprint density at radius 3 is 2.75 bits per heavy atom. The fourth-order valence-electron chi connectivity index (χ4n) is 1.74. The quantitative estimate of drug-likeness (QED) is 0.900. The summed E-state index contributed by atoms with van der Waals surface area (Å²) in [5, 5.41) is 9.60. The molecule has 0 atom stereocenters. The van der Waals surface area contributed by atoms with E-state index in [0.717, 1.165) is 5.69 Å². The molecule has 0 spiro atoms. The topological polar surface area (TPSA) is 68.2 Å². The summed E-state index contributed by atoms with van der Waals surface area (Å²) in [6.45, 7) is 4.35. The number of anilines is 2. The zero-order chi connectivity index (χ0) is 14.5. The van der Waals surface area contributed by atoms with E-state index in [1.807, 2.05) is 39.1 Å². The lowest BCUT2D eigenvalue weighted by molar-refractivity contribution is 0.262. The Kier molecular flexibility index (Phi) is 4.24. The molecular weight excluding hydrogens is 256 g/mol. The van der Waals surface area contributed by atoms with Crippen molar-refractivity contribution in [3.8, 4) is 5.75 Å². The molecule has 0 fully saturated rings. The highest BCUT2D eigenvalue weighted by Crippen LogP contribution is 2.23. The van der Waals surface area contributed by atoms with Crippen LogP contribution in [0.25, 0.3) is 0 Å². The number of nitrogens with one attached hydrogen (secondary N) is 2. The van der Waals surface area contributed by atoms with Crippen molar-refractivity contribution in [3.63, 3.8) is 0 Å². The van der Waals surface area contributed by atoms with Crippen molar-refractivity contribution >= 4 is 17.5 Å². The molecular formula is C14H18N4O2. The van der Waals surface area contributed by atoms with Gasteiger partial charge in [-0.25, -0.2) is 4.79 Å². The molecule has 2 aromatic rings. The summed E-state index contributed by atoms with van der Waals surface area (Å²) in [6, 6.07) is 8.74. The first kappa shape index (κ1) is 13.9. The molecule has 6 heteroatoms. The van der Waals surface area contributed by atoms with Crippen LogP contribution < -0.4 is 15.4 Å². The van der Waals surface area contributed by atoms with Gasteiger partial charge in [-0.2, -0.15) is 5.10 Å². The summed E-state index contributed by atoms with van der Waals surface area (Å²) in [6.07, 6.45) is 0.